The summed E-state index contributed by atoms with van der Waals surface area (Å²) in [6.45, 7) is 0.417. The summed E-state index contributed by atoms with van der Waals surface area (Å²) in [4.78, 5) is 12.4. The molecule has 1 aromatic carbocycles. The molecule has 2 aromatic rings. The third kappa shape index (κ3) is 3.75. The molecule has 2 atom stereocenters. The third-order valence-corrected chi connectivity index (χ3v) is 4.49. The number of hydrogen-bond acceptors (Lipinski definition) is 4. The quantitative estimate of drug-likeness (QED) is 0.616. The maximum atomic E-state index is 13.6. The van der Waals surface area contributed by atoms with Gasteiger partial charge < -0.3 is 10.1 Å². The number of methoxy groups -OCH3 is 1. The van der Waals surface area contributed by atoms with Gasteiger partial charge in [0.25, 0.3) is 0 Å². The molecule has 0 spiro atoms. The minimum Gasteiger partial charge on any atom is -0.385 e. The summed E-state index contributed by atoms with van der Waals surface area (Å²) in [6.07, 6.45) is -2.71. The first-order valence-electron chi connectivity index (χ1n) is 8.39. The van der Waals surface area contributed by atoms with E-state index in [2.05, 4.69) is 10.4 Å². The Kier molecular flexibility index (Phi) is 5.31. The van der Waals surface area contributed by atoms with Gasteiger partial charge in [-0.2, -0.15) is 18.3 Å². The van der Waals surface area contributed by atoms with Crippen LogP contribution in [0.1, 0.15) is 47.3 Å². The number of ketones is 1. The summed E-state index contributed by atoms with van der Waals surface area (Å²) in [6, 6.07) is 6.60. The molecule has 0 amide bonds. The number of benzene rings is 1. The maximum Gasteiger partial charge on any atom is 0.410 e. The van der Waals surface area contributed by atoms with Gasteiger partial charge in [0.15, 0.2) is 11.8 Å². The van der Waals surface area contributed by atoms with Crippen LogP contribution in [0.3, 0.4) is 0 Å². The van der Waals surface area contributed by atoms with Crippen molar-refractivity contribution in [3.8, 4) is 0 Å². The van der Waals surface area contributed by atoms with Gasteiger partial charge in [0.1, 0.15) is 5.82 Å². The van der Waals surface area contributed by atoms with Gasteiger partial charge in [-0.15, -0.1) is 0 Å². The van der Waals surface area contributed by atoms with Crippen molar-refractivity contribution in [1.82, 2.24) is 9.78 Å². The van der Waals surface area contributed by atoms with Crippen LogP contribution in [0, 0.1) is 0 Å². The molecule has 5 nitrogen and oxygen atoms in total. The second-order valence-corrected chi connectivity index (χ2v) is 6.27. The van der Waals surface area contributed by atoms with Crippen molar-refractivity contribution in [3.05, 3.63) is 47.7 Å². The molecule has 0 saturated heterocycles. The highest BCUT2D eigenvalue weighted by molar-refractivity contribution is 6.00. The lowest BCUT2D eigenvalue weighted by Crippen LogP contribution is -2.36. The number of fused-ring (bicyclic) bond motifs is 1. The molecular formula is C18H20F3N3O2. The number of carbonyl (C=O) groups excluding carboxylic acids is 1. The average Bonchev–Trinajstić information content (AvgIpc) is 3.05. The molecule has 140 valence electrons. The molecule has 1 N–H and O–H groups in total. The molecule has 2 heterocycles. The number of carbonyl (C=O) groups is 1. The Balaban J connectivity index is 1.93. The predicted molar refractivity (Wildman–Crippen MR) is 90.2 cm³/mol. The summed E-state index contributed by atoms with van der Waals surface area (Å²) in [7, 11) is 1.53. The van der Waals surface area contributed by atoms with Crippen LogP contribution in [-0.2, 0) is 4.74 Å². The van der Waals surface area contributed by atoms with E-state index in [-0.39, 0.29) is 30.0 Å². The van der Waals surface area contributed by atoms with Gasteiger partial charge in [0, 0.05) is 26.6 Å². The van der Waals surface area contributed by atoms with E-state index in [9.17, 15) is 18.0 Å². The number of anilines is 1. The van der Waals surface area contributed by atoms with E-state index in [1.165, 1.54) is 13.3 Å². The Morgan fingerprint density at radius 2 is 2.08 bits per heavy atom. The lowest BCUT2D eigenvalue weighted by Gasteiger charge is -2.34. The molecular weight excluding hydrogens is 347 g/mol. The Hall–Kier alpha value is -2.35. The maximum absolute atomic E-state index is 13.6. The van der Waals surface area contributed by atoms with Crippen molar-refractivity contribution in [3.63, 3.8) is 0 Å². The average molecular weight is 367 g/mol. The van der Waals surface area contributed by atoms with E-state index in [1.54, 1.807) is 24.3 Å². The first-order chi connectivity index (χ1) is 12.4. The lowest BCUT2D eigenvalue weighted by molar-refractivity contribution is -0.173. The van der Waals surface area contributed by atoms with Gasteiger partial charge in [0.2, 0.25) is 0 Å². The van der Waals surface area contributed by atoms with Crippen molar-refractivity contribution < 1.29 is 22.7 Å². The van der Waals surface area contributed by atoms with Gasteiger partial charge in [-0.05, 0) is 12.0 Å². The van der Waals surface area contributed by atoms with Crippen molar-refractivity contribution in [2.45, 2.75) is 37.5 Å². The number of aromatic nitrogens is 2. The van der Waals surface area contributed by atoms with Crippen LogP contribution in [0.5, 0.6) is 0 Å². The van der Waals surface area contributed by atoms with Gasteiger partial charge in [-0.25, -0.2) is 4.68 Å². The molecule has 0 aliphatic carbocycles. The Bertz CT molecular complexity index is 759. The number of hydrogen-bond donors (Lipinski definition) is 1. The smallest absolute Gasteiger partial charge is 0.385 e. The van der Waals surface area contributed by atoms with Crippen LogP contribution >= 0.6 is 0 Å². The van der Waals surface area contributed by atoms with Crippen LogP contribution < -0.4 is 5.32 Å². The van der Waals surface area contributed by atoms with Crippen molar-refractivity contribution in [1.29, 1.82) is 0 Å². The number of alkyl halides is 3. The Morgan fingerprint density at radius 1 is 1.35 bits per heavy atom. The van der Waals surface area contributed by atoms with Gasteiger partial charge in [0.05, 0.1) is 17.8 Å². The van der Waals surface area contributed by atoms with Crippen molar-refractivity contribution in [2.24, 2.45) is 0 Å². The Labute approximate surface area is 149 Å². The Morgan fingerprint density at radius 3 is 2.73 bits per heavy atom. The minimum absolute atomic E-state index is 0.134. The van der Waals surface area contributed by atoms with Crippen LogP contribution in [-0.4, -0.2) is 35.5 Å². The molecule has 2 unspecified atom stereocenters. The fraction of sp³-hybridized carbons (Fsp3) is 0.444. The van der Waals surface area contributed by atoms with E-state index in [0.717, 1.165) is 10.2 Å². The molecule has 26 heavy (non-hydrogen) atoms. The number of Topliss-reactive ketones (excluding diaryl/α,β-unsaturated/α-hetero) is 1. The molecule has 0 fully saturated rings. The number of rotatable bonds is 6. The highest BCUT2D eigenvalue weighted by atomic mass is 19.4. The summed E-state index contributed by atoms with van der Waals surface area (Å²) in [5.41, 5.74) is 0.933. The molecule has 1 aliphatic rings. The van der Waals surface area contributed by atoms with Crippen LogP contribution in [0.2, 0.25) is 0 Å². The highest BCUT2D eigenvalue weighted by Gasteiger charge is 2.47. The van der Waals surface area contributed by atoms with Crippen LogP contribution in [0.15, 0.2) is 36.5 Å². The SMILES string of the molecule is COCCCC(=O)c1cnn2c1NC(c1ccccc1)CC2C(F)(F)F. The molecule has 3 rings (SSSR count). The van der Waals surface area contributed by atoms with Gasteiger partial charge in [-0.1, -0.05) is 30.3 Å². The third-order valence-electron chi connectivity index (χ3n) is 4.49. The lowest BCUT2D eigenvalue weighted by atomic mass is 9.96. The predicted octanol–water partition coefficient (Wildman–Crippen LogP) is 4.15. The zero-order valence-electron chi connectivity index (χ0n) is 14.3. The molecule has 1 aliphatic heterocycles. The molecule has 0 bridgehead atoms. The fourth-order valence-electron chi connectivity index (χ4n) is 3.18. The van der Waals surface area contributed by atoms with Crippen LogP contribution in [0.4, 0.5) is 19.0 Å². The number of nitrogens with one attached hydrogen (secondary N) is 1. The summed E-state index contributed by atoms with van der Waals surface area (Å²) in [5, 5.41) is 6.95. The van der Waals surface area contributed by atoms with E-state index in [1.807, 2.05) is 6.07 Å². The van der Waals surface area contributed by atoms with Crippen LogP contribution in [0.25, 0.3) is 0 Å². The summed E-state index contributed by atoms with van der Waals surface area (Å²) < 4.78 is 46.5. The van der Waals surface area contributed by atoms with Gasteiger partial charge in [-0.3, -0.25) is 4.79 Å². The molecule has 8 heteroatoms. The summed E-state index contributed by atoms with van der Waals surface area (Å²) in [5.74, 6) is -0.111. The normalized spacial score (nSPS) is 19.7. The number of nitrogens with zero attached hydrogens (tertiary/aromatic N) is 2. The zero-order valence-corrected chi connectivity index (χ0v) is 14.3. The minimum atomic E-state index is -4.45. The van der Waals surface area contributed by atoms with E-state index in [0.29, 0.717) is 13.0 Å². The van der Waals surface area contributed by atoms with Crippen molar-refractivity contribution >= 4 is 11.6 Å². The topological polar surface area (TPSA) is 56.1 Å². The first-order valence-corrected chi connectivity index (χ1v) is 8.39. The second-order valence-electron chi connectivity index (χ2n) is 6.27. The monoisotopic (exact) mass is 367 g/mol. The largest absolute Gasteiger partial charge is 0.410 e. The standard InChI is InChI=1S/C18H20F3N3O2/c1-26-9-5-8-15(25)13-11-22-24-16(18(19,20)21)10-14(23-17(13)24)12-6-3-2-4-7-12/h2-4,6-7,11,14,16,23H,5,8-10H2,1H3. The van der Waals surface area contributed by atoms with E-state index >= 15 is 0 Å². The van der Waals surface area contributed by atoms with Crippen molar-refractivity contribution in [2.75, 3.05) is 19.0 Å². The molecule has 0 radical (unpaired) electrons. The fourth-order valence-corrected chi connectivity index (χ4v) is 3.18. The van der Waals surface area contributed by atoms with E-state index in [4.69, 9.17) is 4.74 Å². The first kappa shape index (κ1) is 18.4. The van der Waals surface area contributed by atoms with Gasteiger partial charge >= 0.3 is 6.18 Å². The van der Waals surface area contributed by atoms with E-state index < -0.39 is 18.3 Å². The summed E-state index contributed by atoms with van der Waals surface area (Å²) >= 11 is 0. The molecule has 0 saturated carbocycles. The zero-order chi connectivity index (χ0) is 18.7. The number of halogens is 3. The second kappa shape index (κ2) is 7.49. The number of ether oxygens (including phenoxy) is 1. The molecule has 1 aromatic heterocycles. The highest BCUT2D eigenvalue weighted by Crippen LogP contribution is 2.44.